The van der Waals surface area contributed by atoms with E-state index in [4.69, 9.17) is 0 Å². The summed E-state index contributed by atoms with van der Waals surface area (Å²) in [4.78, 5) is 1.94. The van der Waals surface area contributed by atoms with E-state index in [0.717, 1.165) is 0 Å². The number of nitrogens with zero attached hydrogens (tertiary/aromatic N) is 1. The third-order valence-corrected chi connectivity index (χ3v) is 0.684. The van der Waals surface area contributed by atoms with Crippen molar-refractivity contribution < 1.29 is 0 Å². The Balaban J connectivity index is 2.60. The summed E-state index contributed by atoms with van der Waals surface area (Å²) in [6.45, 7) is 0. The highest BCUT2D eigenvalue weighted by atomic mass is 15.1. The normalized spacial score (nSPS) is 15.8. The number of hydrogen-bond acceptors (Lipinski definition) is 1. The van der Waals surface area contributed by atoms with E-state index in [0.29, 0.717) is 0 Å². The molecule has 0 amide bonds. The van der Waals surface area contributed by atoms with E-state index >= 15 is 0 Å². The molecule has 0 atom stereocenters. The van der Waals surface area contributed by atoms with Crippen molar-refractivity contribution >= 4 is 0 Å². The first-order valence-electron chi connectivity index (χ1n) is 1.87. The maximum Gasteiger partial charge on any atom is 0.179 e. The van der Waals surface area contributed by atoms with Crippen LogP contribution in [0.5, 0.6) is 0 Å². The first-order valence-corrected chi connectivity index (χ1v) is 1.87. The van der Waals surface area contributed by atoms with E-state index in [1.807, 2.05) is 30.4 Å². The van der Waals surface area contributed by atoms with Crippen LogP contribution in [0, 0.1) is 6.08 Å². The van der Waals surface area contributed by atoms with Gasteiger partial charge in [0.1, 0.15) is 12.3 Å². The predicted molar refractivity (Wildman–Crippen MR) is 24.7 cm³/mol. The van der Waals surface area contributed by atoms with Gasteiger partial charge in [-0.15, -0.1) is 0 Å². The average Bonchev–Trinajstić information content (AvgIpc) is 1.86. The Morgan fingerprint density at radius 3 is 2.67 bits per heavy atom. The van der Waals surface area contributed by atoms with Crippen molar-refractivity contribution in [1.29, 1.82) is 0 Å². The second kappa shape index (κ2) is 1.11. The topological polar surface area (TPSA) is 3.24 Å². The summed E-state index contributed by atoms with van der Waals surface area (Å²) in [5, 5.41) is 0. The molecule has 0 bridgehead atoms. The quantitative estimate of drug-likeness (QED) is 0.388. The summed E-state index contributed by atoms with van der Waals surface area (Å²) in [5.74, 6) is 0. The zero-order chi connectivity index (χ0) is 4.41. The highest BCUT2D eigenvalue weighted by molar-refractivity contribution is 5.03. The Labute approximate surface area is 37.6 Å². The minimum atomic E-state index is 1.88. The lowest BCUT2D eigenvalue weighted by Gasteiger charge is -1.86. The Morgan fingerprint density at radius 1 is 1.67 bits per heavy atom. The van der Waals surface area contributed by atoms with Crippen LogP contribution in [0.1, 0.15) is 0 Å². The summed E-state index contributed by atoms with van der Waals surface area (Å²) in [6, 6.07) is 0. The lowest BCUT2D eigenvalue weighted by atomic mass is 10.6. The number of allylic oxidation sites excluding steroid dienone is 2. The summed E-state index contributed by atoms with van der Waals surface area (Å²) in [5.41, 5.74) is 0. The molecule has 0 radical (unpaired) electrons. The van der Waals surface area contributed by atoms with Gasteiger partial charge in [-0.25, -0.2) is 0 Å². The maximum absolute atomic E-state index is 2.89. The van der Waals surface area contributed by atoms with Crippen LogP contribution < -0.4 is 0 Å². The maximum atomic E-state index is 2.89. The average molecular weight is 80.1 g/mol. The van der Waals surface area contributed by atoms with E-state index in [2.05, 4.69) is 6.08 Å². The molecule has 0 unspecified atom stereocenters. The fourth-order valence-corrected chi connectivity index (χ4v) is 0.364. The Morgan fingerprint density at radius 2 is 2.50 bits per heavy atom. The highest BCUT2D eigenvalue weighted by Gasteiger charge is 1.96. The number of rotatable bonds is 0. The van der Waals surface area contributed by atoms with Crippen molar-refractivity contribution in [3.63, 3.8) is 0 Å². The standard InChI is InChI=1S/C5H6N/c1-6-4-2-3-5-6/h2,4-5H,1H3/q+1. The van der Waals surface area contributed by atoms with Crippen molar-refractivity contribution in [2.24, 2.45) is 0 Å². The molecule has 1 nitrogen and oxygen atoms in total. The molecule has 1 heteroatoms. The molecule has 0 aliphatic carbocycles. The van der Waals surface area contributed by atoms with Gasteiger partial charge in [0, 0.05) is 7.05 Å². The summed E-state index contributed by atoms with van der Waals surface area (Å²) in [7, 11) is 1.97. The molecular weight excluding hydrogens is 74.1 g/mol. The van der Waals surface area contributed by atoms with Gasteiger partial charge in [0.15, 0.2) is 12.3 Å². The first-order chi connectivity index (χ1) is 2.89. The molecule has 0 aromatic heterocycles. The Kier molecular flexibility index (Phi) is 0.627. The van der Waals surface area contributed by atoms with Crippen LogP contribution in [0.4, 0.5) is 0 Å². The SMILES string of the molecule is CN1C=[C+]C=C1. The lowest BCUT2D eigenvalue weighted by Crippen LogP contribution is -1.93. The molecule has 1 aliphatic rings. The predicted octanol–water partition coefficient (Wildman–Crippen LogP) is 0.762. The molecule has 0 spiro atoms. The summed E-state index contributed by atoms with van der Waals surface area (Å²) >= 11 is 0. The van der Waals surface area contributed by atoms with Crippen molar-refractivity contribution in [2.45, 2.75) is 0 Å². The van der Waals surface area contributed by atoms with Crippen molar-refractivity contribution in [3.8, 4) is 0 Å². The van der Waals surface area contributed by atoms with Gasteiger partial charge in [0.2, 0.25) is 0 Å². The van der Waals surface area contributed by atoms with Crippen molar-refractivity contribution in [1.82, 2.24) is 4.90 Å². The molecule has 0 aromatic rings. The lowest BCUT2D eigenvalue weighted by molar-refractivity contribution is 0.638. The second-order valence-corrected chi connectivity index (χ2v) is 1.28. The van der Waals surface area contributed by atoms with Crippen LogP contribution >= 0.6 is 0 Å². The number of hydrogen-bond donors (Lipinski definition) is 0. The molecule has 1 heterocycles. The van der Waals surface area contributed by atoms with Gasteiger partial charge < -0.3 is 0 Å². The molecule has 1 rings (SSSR count). The van der Waals surface area contributed by atoms with E-state index in [1.54, 1.807) is 0 Å². The van der Waals surface area contributed by atoms with E-state index in [9.17, 15) is 0 Å². The molecule has 6 heavy (non-hydrogen) atoms. The highest BCUT2D eigenvalue weighted by Crippen LogP contribution is 1.92. The molecule has 0 saturated carbocycles. The van der Waals surface area contributed by atoms with Crippen molar-refractivity contribution in [3.05, 3.63) is 24.6 Å². The van der Waals surface area contributed by atoms with Gasteiger partial charge in [0.25, 0.3) is 0 Å². The van der Waals surface area contributed by atoms with Crippen LogP contribution in [-0.4, -0.2) is 11.9 Å². The van der Waals surface area contributed by atoms with Gasteiger partial charge >= 0.3 is 0 Å². The van der Waals surface area contributed by atoms with Crippen LogP contribution in [0.15, 0.2) is 18.5 Å². The third kappa shape index (κ3) is 0.399. The molecule has 0 aromatic carbocycles. The fraction of sp³-hybridized carbons (Fsp3) is 0.200. The monoisotopic (exact) mass is 80.0 g/mol. The minimum absolute atomic E-state index is 1.88. The van der Waals surface area contributed by atoms with Gasteiger partial charge in [-0.1, -0.05) is 0 Å². The van der Waals surface area contributed by atoms with Crippen LogP contribution in [0.3, 0.4) is 0 Å². The summed E-state index contributed by atoms with van der Waals surface area (Å²) < 4.78 is 0. The Hall–Kier alpha value is -0.810. The zero-order valence-corrected chi connectivity index (χ0v) is 3.68. The van der Waals surface area contributed by atoms with Crippen molar-refractivity contribution in [2.75, 3.05) is 7.05 Å². The van der Waals surface area contributed by atoms with Gasteiger partial charge in [-0.2, -0.15) is 0 Å². The van der Waals surface area contributed by atoms with Gasteiger partial charge in [-0.05, 0) is 0 Å². The zero-order valence-electron chi connectivity index (χ0n) is 3.68. The van der Waals surface area contributed by atoms with Gasteiger partial charge in [0.05, 0.1) is 0 Å². The molecule has 0 fully saturated rings. The molecule has 0 N–H and O–H groups in total. The molecule has 30 valence electrons. The van der Waals surface area contributed by atoms with Crippen LogP contribution in [0.2, 0.25) is 0 Å². The minimum Gasteiger partial charge on any atom is -0.254 e. The molecule has 0 saturated heterocycles. The van der Waals surface area contributed by atoms with E-state index < -0.39 is 0 Å². The van der Waals surface area contributed by atoms with E-state index in [1.165, 1.54) is 0 Å². The third-order valence-electron chi connectivity index (χ3n) is 0.684. The summed E-state index contributed by atoms with van der Waals surface area (Å²) in [6.07, 6.45) is 8.59. The van der Waals surface area contributed by atoms with Gasteiger partial charge in [-0.3, -0.25) is 4.90 Å². The smallest absolute Gasteiger partial charge is 0.179 e. The first kappa shape index (κ1) is 3.38. The van der Waals surface area contributed by atoms with E-state index in [-0.39, 0.29) is 0 Å². The largest absolute Gasteiger partial charge is 0.254 e. The fourth-order valence-electron chi connectivity index (χ4n) is 0.364. The van der Waals surface area contributed by atoms with Crippen LogP contribution in [0.25, 0.3) is 0 Å². The Bertz CT molecular complexity index is 80.1. The van der Waals surface area contributed by atoms with Crippen LogP contribution in [-0.2, 0) is 0 Å². The second-order valence-electron chi connectivity index (χ2n) is 1.28. The molecule has 1 aliphatic heterocycles. The molecular formula is C5H6N+.